The largest absolute Gasteiger partial charge is 0.352 e. The maximum atomic E-state index is 13.7. The van der Waals surface area contributed by atoms with Crippen LogP contribution in [0.1, 0.15) is 38.2 Å². The summed E-state index contributed by atoms with van der Waals surface area (Å²) in [6.07, 6.45) is 4.95. The van der Waals surface area contributed by atoms with Gasteiger partial charge in [-0.1, -0.05) is 61.4 Å². The first-order chi connectivity index (χ1) is 17.6. The van der Waals surface area contributed by atoms with Crippen LogP contribution in [0.15, 0.2) is 66.7 Å². The second kappa shape index (κ2) is 11.3. The van der Waals surface area contributed by atoms with Gasteiger partial charge in [0.25, 0.3) is 0 Å². The van der Waals surface area contributed by atoms with E-state index in [1.807, 2.05) is 24.3 Å². The predicted molar refractivity (Wildman–Crippen MR) is 143 cm³/mol. The summed E-state index contributed by atoms with van der Waals surface area (Å²) in [4.78, 5) is 28.2. The lowest BCUT2D eigenvalue weighted by Crippen LogP contribution is -2.52. The Morgan fingerprint density at radius 2 is 1.65 bits per heavy atom. The second-order valence-corrected chi connectivity index (χ2v) is 11.5. The van der Waals surface area contributed by atoms with Crippen LogP contribution >= 0.6 is 0 Å². The van der Waals surface area contributed by atoms with Crippen molar-refractivity contribution in [1.29, 1.82) is 0 Å². The zero-order valence-electron chi connectivity index (χ0n) is 21.1. The highest BCUT2D eigenvalue weighted by Gasteiger charge is 2.31. The molecule has 0 saturated heterocycles. The van der Waals surface area contributed by atoms with E-state index in [0.717, 1.165) is 41.6 Å². The molecule has 3 aromatic rings. The minimum atomic E-state index is -3.85. The third kappa shape index (κ3) is 6.46. The van der Waals surface area contributed by atoms with Gasteiger partial charge in [-0.2, -0.15) is 0 Å². The van der Waals surface area contributed by atoms with Crippen molar-refractivity contribution in [3.05, 3.63) is 78.1 Å². The molecule has 0 bridgehead atoms. The Bertz CT molecular complexity index is 1370. The zero-order valence-corrected chi connectivity index (χ0v) is 21.9. The maximum absolute atomic E-state index is 13.7. The van der Waals surface area contributed by atoms with Crippen LogP contribution in [0.2, 0.25) is 0 Å². The summed E-state index contributed by atoms with van der Waals surface area (Å²) >= 11 is 0. The lowest BCUT2D eigenvalue weighted by atomic mass is 10.1. The van der Waals surface area contributed by atoms with Crippen LogP contribution in [0, 0.1) is 5.82 Å². The fraction of sp³-hybridized carbons (Fsp3) is 0.357. The van der Waals surface area contributed by atoms with E-state index in [2.05, 4.69) is 5.32 Å². The third-order valence-electron chi connectivity index (χ3n) is 6.85. The summed E-state index contributed by atoms with van der Waals surface area (Å²) in [7, 11) is -3.85. The monoisotopic (exact) mass is 525 g/mol. The molecule has 7 nitrogen and oxygen atoms in total. The molecule has 196 valence electrons. The van der Waals surface area contributed by atoms with Gasteiger partial charge in [0.15, 0.2) is 0 Å². The van der Waals surface area contributed by atoms with Crippen molar-refractivity contribution in [1.82, 2.24) is 10.2 Å². The fourth-order valence-electron chi connectivity index (χ4n) is 4.78. The lowest BCUT2D eigenvalue weighted by molar-refractivity contribution is -0.139. The van der Waals surface area contributed by atoms with Crippen LogP contribution in [-0.4, -0.2) is 50.0 Å². The number of hydrogen-bond acceptors (Lipinski definition) is 4. The van der Waals surface area contributed by atoms with Crippen molar-refractivity contribution in [2.24, 2.45) is 0 Å². The van der Waals surface area contributed by atoms with Gasteiger partial charge in [-0.15, -0.1) is 0 Å². The first-order valence-corrected chi connectivity index (χ1v) is 14.3. The van der Waals surface area contributed by atoms with Gasteiger partial charge in [-0.25, -0.2) is 12.8 Å². The number of carbonyl (C=O) groups is 2. The van der Waals surface area contributed by atoms with Gasteiger partial charge in [-0.3, -0.25) is 13.9 Å². The van der Waals surface area contributed by atoms with Crippen molar-refractivity contribution in [3.8, 4) is 0 Å². The minimum Gasteiger partial charge on any atom is -0.352 e. The number of nitrogens with zero attached hydrogens (tertiary/aromatic N) is 2. The summed E-state index contributed by atoms with van der Waals surface area (Å²) in [6.45, 7) is 1.19. The standard InChI is InChI=1S/C28H32FN3O4S/c1-20(28(34)30-24-10-4-5-11-24)31(18-21-14-16-23(29)17-15-21)27(33)19-32(37(2,35)36)26-13-7-9-22-8-3-6-12-25(22)26/h3,6-9,12-17,20,24H,4-5,10-11,18-19H2,1-2H3,(H,30,34)/t20-/m1/s1. The Hall–Kier alpha value is -3.46. The Morgan fingerprint density at radius 1 is 1.00 bits per heavy atom. The van der Waals surface area contributed by atoms with Gasteiger partial charge in [0, 0.05) is 18.0 Å². The van der Waals surface area contributed by atoms with Crippen molar-refractivity contribution < 1.29 is 22.4 Å². The molecule has 1 aliphatic carbocycles. The quantitative estimate of drug-likeness (QED) is 0.453. The Morgan fingerprint density at radius 3 is 2.32 bits per heavy atom. The van der Waals surface area contributed by atoms with E-state index < -0.39 is 34.3 Å². The van der Waals surface area contributed by atoms with Crippen LogP contribution in [0.5, 0.6) is 0 Å². The molecule has 1 atom stereocenters. The van der Waals surface area contributed by atoms with E-state index >= 15 is 0 Å². The molecule has 2 amide bonds. The first kappa shape index (κ1) is 26.6. The fourth-order valence-corrected chi connectivity index (χ4v) is 5.64. The number of carbonyl (C=O) groups excluding carboxylic acids is 2. The minimum absolute atomic E-state index is 0.0332. The molecule has 1 saturated carbocycles. The Labute approximate surface area is 217 Å². The molecule has 1 fully saturated rings. The van der Waals surface area contributed by atoms with Gasteiger partial charge in [0.1, 0.15) is 18.4 Å². The van der Waals surface area contributed by atoms with Crippen LogP contribution in [0.3, 0.4) is 0 Å². The number of hydrogen-bond donors (Lipinski definition) is 1. The number of amides is 2. The molecule has 0 aliphatic heterocycles. The van der Waals surface area contributed by atoms with Crippen LogP contribution in [0.4, 0.5) is 10.1 Å². The van der Waals surface area contributed by atoms with Gasteiger partial charge >= 0.3 is 0 Å². The van der Waals surface area contributed by atoms with Gasteiger partial charge < -0.3 is 10.2 Å². The summed E-state index contributed by atoms with van der Waals surface area (Å²) < 4.78 is 40.4. The molecular formula is C28H32FN3O4S. The third-order valence-corrected chi connectivity index (χ3v) is 7.98. The van der Waals surface area contributed by atoms with Crippen molar-refractivity contribution in [2.75, 3.05) is 17.1 Å². The highest BCUT2D eigenvalue weighted by atomic mass is 32.2. The number of anilines is 1. The molecule has 0 unspecified atom stereocenters. The molecule has 1 N–H and O–H groups in total. The number of nitrogens with one attached hydrogen (secondary N) is 1. The molecule has 0 aromatic heterocycles. The number of rotatable bonds is 9. The highest BCUT2D eigenvalue weighted by Crippen LogP contribution is 2.29. The summed E-state index contributed by atoms with van der Waals surface area (Å²) in [5, 5.41) is 4.56. The SMILES string of the molecule is C[C@H](C(=O)NC1CCCC1)N(Cc1ccc(F)cc1)C(=O)CN(c1cccc2ccccc12)S(C)(=O)=O. The molecule has 37 heavy (non-hydrogen) atoms. The summed E-state index contributed by atoms with van der Waals surface area (Å²) in [5.74, 6) is -1.23. The number of sulfonamides is 1. The molecule has 0 heterocycles. The van der Waals surface area contributed by atoms with Crippen LogP contribution in [-0.2, 0) is 26.2 Å². The second-order valence-electron chi connectivity index (χ2n) is 9.58. The maximum Gasteiger partial charge on any atom is 0.244 e. The normalized spacial score (nSPS) is 14.9. The summed E-state index contributed by atoms with van der Waals surface area (Å²) in [6, 6.07) is 17.5. The van der Waals surface area contributed by atoms with Crippen LogP contribution in [0.25, 0.3) is 10.8 Å². The highest BCUT2D eigenvalue weighted by molar-refractivity contribution is 7.92. The average molecular weight is 526 g/mol. The average Bonchev–Trinajstić information content (AvgIpc) is 3.38. The topological polar surface area (TPSA) is 86.8 Å². The molecule has 3 aromatic carbocycles. The van der Waals surface area contributed by atoms with E-state index in [1.165, 1.54) is 17.0 Å². The molecule has 4 rings (SSSR count). The van der Waals surface area contributed by atoms with E-state index in [9.17, 15) is 22.4 Å². The van der Waals surface area contributed by atoms with Gasteiger partial charge in [0.2, 0.25) is 21.8 Å². The van der Waals surface area contributed by atoms with Gasteiger partial charge in [-0.05, 0) is 48.9 Å². The number of benzene rings is 3. The zero-order chi connectivity index (χ0) is 26.6. The van der Waals surface area contributed by atoms with Crippen molar-refractivity contribution in [2.45, 2.75) is 51.2 Å². The number of halogens is 1. The van der Waals surface area contributed by atoms with E-state index in [1.54, 1.807) is 37.3 Å². The lowest BCUT2D eigenvalue weighted by Gasteiger charge is -2.32. The first-order valence-electron chi connectivity index (χ1n) is 12.4. The molecular weight excluding hydrogens is 493 g/mol. The molecule has 9 heteroatoms. The number of fused-ring (bicyclic) bond motifs is 1. The molecule has 0 spiro atoms. The predicted octanol–water partition coefficient (Wildman–Crippen LogP) is 4.22. The summed E-state index contributed by atoms with van der Waals surface area (Å²) in [5.41, 5.74) is 1.02. The van der Waals surface area contributed by atoms with Crippen LogP contribution < -0.4 is 9.62 Å². The Balaban J connectivity index is 1.65. The van der Waals surface area contributed by atoms with Crippen molar-refractivity contribution in [3.63, 3.8) is 0 Å². The van der Waals surface area contributed by atoms with E-state index in [4.69, 9.17) is 0 Å². The Kier molecular flexibility index (Phi) is 8.12. The van der Waals surface area contributed by atoms with Crippen molar-refractivity contribution >= 4 is 38.3 Å². The van der Waals surface area contributed by atoms with Gasteiger partial charge in [0.05, 0.1) is 11.9 Å². The molecule has 1 aliphatic rings. The van der Waals surface area contributed by atoms with E-state index in [0.29, 0.717) is 16.6 Å². The smallest absolute Gasteiger partial charge is 0.244 e. The van der Waals surface area contributed by atoms with E-state index in [-0.39, 0.29) is 18.5 Å². The molecule has 0 radical (unpaired) electrons.